The normalized spacial score (nSPS) is 11.2. The fraction of sp³-hybridized carbons (Fsp3) is 0.100. The van der Waals surface area contributed by atoms with Gasteiger partial charge >= 0.3 is 0 Å². The maximum atomic E-state index is 9.56. The van der Waals surface area contributed by atoms with Crippen molar-refractivity contribution < 1.29 is 0 Å². The van der Waals surface area contributed by atoms with Gasteiger partial charge in [-0.2, -0.15) is 5.26 Å². The van der Waals surface area contributed by atoms with Gasteiger partial charge < -0.3 is 0 Å². The number of aromatic nitrogens is 2. The zero-order chi connectivity index (χ0) is 18.3. The average Bonchev–Trinajstić information content (AvgIpc) is 3.00. The Balaban J connectivity index is 1.85. The lowest BCUT2D eigenvalue weighted by atomic mass is 10.2. The average molecular weight is 398 g/mol. The minimum atomic E-state index is 0.607. The predicted molar refractivity (Wildman–Crippen MR) is 108 cm³/mol. The van der Waals surface area contributed by atoms with Crippen LogP contribution in [0.1, 0.15) is 16.7 Å². The minimum absolute atomic E-state index is 0.607. The van der Waals surface area contributed by atoms with Gasteiger partial charge in [-0.25, -0.2) is 4.98 Å². The molecule has 0 aliphatic heterocycles. The van der Waals surface area contributed by atoms with E-state index in [-0.39, 0.29) is 0 Å². The maximum Gasteiger partial charge on any atom is 0.157 e. The summed E-state index contributed by atoms with van der Waals surface area (Å²) in [5.74, 6) is 0.697. The lowest BCUT2D eigenvalue weighted by Crippen LogP contribution is -1.97. The molecule has 0 spiro atoms. The maximum absolute atomic E-state index is 9.56. The molecule has 3 nitrogen and oxygen atoms in total. The minimum Gasteiger partial charge on any atom is -0.286 e. The van der Waals surface area contributed by atoms with Crippen LogP contribution in [0, 0.1) is 18.3 Å². The van der Waals surface area contributed by atoms with Crippen LogP contribution in [0.15, 0.2) is 53.6 Å². The van der Waals surface area contributed by atoms with Crippen LogP contribution >= 0.6 is 35.0 Å². The SMILES string of the molecule is Cc1cc(SCc2ccc(Cl)cc2Cl)n2c(nc3ccccc32)c1C#N. The van der Waals surface area contributed by atoms with Gasteiger partial charge in [0.15, 0.2) is 5.65 Å². The van der Waals surface area contributed by atoms with E-state index >= 15 is 0 Å². The van der Waals surface area contributed by atoms with Gasteiger partial charge in [0.05, 0.1) is 21.6 Å². The largest absolute Gasteiger partial charge is 0.286 e. The van der Waals surface area contributed by atoms with Crippen molar-refractivity contribution in [3.05, 3.63) is 75.3 Å². The van der Waals surface area contributed by atoms with Crippen LogP contribution in [0.4, 0.5) is 0 Å². The molecule has 0 radical (unpaired) electrons. The molecule has 0 bridgehead atoms. The predicted octanol–water partition coefficient (Wildman–Crippen LogP) is 6.27. The third-order valence-corrected chi connectivity index (χ3v) is 5.88. The number of thioether (sulfide) groups is 1. The van der Waals surface area contributed by atoms with Gasteiger partial charge in [-0.05, 0) is 48.4 Å². The molecule has 128 valence electrons. The molecule has 4 rings (SSSR count). The van der Waals surface area contributed by atoms with Crippen molar-refractivity contribution in [3.63, 3.8) is 0 Å². The smallest absolute Gasteiger partial charge is 0.157 e. The number of rotatable bonds is 3. The summed E-state index contributed by atoms with van der Waals surface area (Å²) in [7, 11) is 0. The van der Waals surface area contributed by atoms with Gasteiger partial charge in [-0.1, -0.05) is 41.4 Å². The number of fused-ring (bicyclic) bond motifs is 3. The third-order valence-electron chi connectivity index (χ3n) is 4.24. The molecule has 0 aliphatic carbocycles. The Labute approximate surface area is 165 Å². The summed E-state index contributed by atoms with van der Waals surface area (Å²) in [6, 6.07) is 17.8. The molecule has 0 amide bonds. The van der Waals surface area contributed by atoms with Gasteiger partial charge in [0.25, 0.3) is 0 Å². The van der Waals surface area contributed by atoms with Crippen LogP contribution in [0.3, 0.4) is 0 Å². The summed E-state index contributed by atoms with van der Waals surface area (Å²) in [6.45, 7) is 1.94. The Morgan fingerprint density at radius 1 is 1.15 bits per heavy atom. The molecule has 4 aromatic rings. The number of hydrogen-bond donors (Lipinski definition) is 0. The van der Waals surface area contributed by atoms with Crippen LogP contribution in [-0.2, 0) is 5.75 Å². The Kier molecular flexibility index (Phi) is 4.54. The number of para-hydroxylation sites is 2. The summed E-state index contributed by atoms with van der Waals surface area (Å²) >= 11 is 14.0. The molecule has 2 aromatic heterocycles. The van der Waals surface area contributed by atoms with E-state index in [2.05, 4.69) is 15.5 Å². The molecule has 26 heavy (non-hydrogen) atoms. The van der Waals surface area contributed by atoms with Gasteiger partial charge in [-0.3, -0.25) is 4.40 Å². The lowest BCUT2D eigenvalue weighted by Gasteiger charge is -2.10. The molecule has 0 fully saturated rings. The van der Waals surface area contributed by atoms with E-state index in [1.165, 1.54) is 0 Å². The topological polar surface area (TPSA) is 41.1 Å². The summed E-state index contributed by atoms with van der Waals surface area (Å²) in [5.41, 5.74) is 5.10. The van der Waals surface area contributed by atoms with Crippen molar-refractivity contribution in [3.8, 4) is 6.07 Å². The van der Waals surface area contributed by atoms with Crippen LogP contribution < -0.4 is 0 Å². The standard InChI is InChI=1S/C20H13Cl2N3S/c1-12-8-19(26-11-13-6-7-14(21)9-16(13)22)25-18-5-3-2-4-17(18)24-20(25)15(12)10-23/h2-9H,11H2,1H3. The second-order valence-electron chi connectivity index (χ2n) is 5.94. The van der Waals surface area contributed by atoms with Gasteiger partial charge in [0.1, 0.15) is 6.07 Å². The van der Waals surface area contributed by atoms with E-state index < -0.39 is 0 Å². The first-order valence-corrected chi connectivity index (χ1v) is 9.70. The van der Waals surface area contributed by atoms with E-state index in [0.29, 0.717) is 27.0 Å². The van der Waals surface area contributed by atoms with Crippen LogP contribution in [0.5, 0.6) is 0 Å². The van der Waals surface area contributed by atoms with Crippen molar-refractivity contribution in [2.45, 2.75) is 17.7 Å². The van der Waals surface area contributed by atoms with E-state index in [0.717, 1.165) is 27.2 Å². The van der Waals surface area contributed by atoms with E-state index in [9.17, 15) is 5.26 Å². The highest BCUT2D eigenvalue weighted by Crippen LogP contribution is 2.33. The summed E-state index contributed by atoms with van der Waals surface area (Å²) in [4.78, 5) is 4.68. The molecule has 0 N–H and O–H groups in total. The first kappa shape index (κ1) is 17.2. The zero-order valence-electron chi connectivity index (χ0n) is 13.8. The highest BCUT2D eigenvalue weighted by atomic mass is 35.5. The molecule has 0 unspecified atom stereocenters. The van der Waals surface area contributed by atoms with Crippen molar-refractivity contribution in [1.29, 1.82) is 5.26 Å². The van der Waals surface area contributed by atoms with Gasteiger partial charge in [0, 0.05) is 15.8 Å². The number of hydrogen-bond acceptors (Lipinski definition) is 3. The van der Waals surface area contributed by atoms with E-state index in [4.69, 9.17) is 23.2 Å². The molecular weight excluding hydrogens is 385 g/mol. The monoisotopic (exact) mass is 397 g/mol. The second-order valence-corrected chi connectivity index (χ2v) is 7.78. The number of aryl methyl sites for hydroxylation is 1. The van der Waals surface area contributed by atoms with E-state index in [1.807, 2.05) is 49.4 Å². The van der Waals surface area contributed by atoms with Crippen LogP contribution in [-0.4, -0.2) is 9.38 Å². The van der Waals surface area contributed by atoms with E-state index in [1.54, 1.807) is 17.8 Å². The number of nitrogens with zero attached hydrogens (tertiary/aromatic N) is 3. The molecule has 0 saturated heterocycles. The Hall–Kier alpha value is -2.19. The van der Waals surface area contributed by atoms with Crippen LogP contribution in [0.2, 0.25) is 10.0 Å². The zero-order valence-corrected chi connectivity index (χ0v) is 16.2. The molecule has 6 heteroatoms. The highest BCUT2D eigenvalue weighted by Gasteiger charge is 2.15. The molecule has 2 heterocycles. The van der Waals surface area contributed by atoms with Crippen LogP contribution in [0.25, 0.3) is 16.7 Å². The fourth-order valence-electron chi connectivity index (χ4n) is 2.95. The Morgan fingerprint density at radius 2 is 1.96 bits per heavy atom. The second kappa shape index (κ2) is 6.85. The molecule has 0 saturated carbocycles. The molecular formula is C20H13Cl2N3S. The lowest BCUT2D eigenvalue weighted by molar-refractivity contribution is 1.04. The number of imidazole rings is 1. The quantitative estimate of drug-likeness (QED) is 0.382. The number of halogens is 2. The van der Waals surface area contributed by atoms with Crippen molar-refractivity contribution in [1.82, 2.24) is 9.38 Å². The van der Waals surface area contributed by atoms with Crippen molar-refractivity contribution in [2.24, 2.45) is 0 Å². The molecule has 0 aliphatic rings. The highest BCUT2D eigenvalue weighted by molar-refractivity contribution is 7.98. The first-order valence-electron chi connectivity index (χ1n) is 7.96. The number of pyridine rings is 1. The summed E-state index contributed by atoms with van der Waals surface area (Å²) in [6.07, 6.45) is 0. The number of benzene rings is 2. The fourth-order valence-corrected chi connectivity index (χ4v) is 4.63. The number of nitriles is 1. The van der Waals surface area contributed by atoms with Gasteiger partial charge in [0.2, 0.25) is 0 Å². The molecule has 0 atom stereocenters. The van der Waals surface area contributed by atoms with Crippen molar-refractivity contribution >= 4 is 51.6 Å². The first-order chi connectivity index (χ1) is 12.6. The Bertz CT molecular complexity index is 1190. The molecule has 2 aromatic carbocycles. The van der Waals surface area contributed by atoms with Crippen molar-refractivity contribution in [2.75, 3.05) is 0 Å². The third kappa shape index (κ3) is 2.93. The van der Waals surface area contributed by atoms with Gasteiger partial charge in [-0.15, -0.1) is 11.8 Å². The summed E-state index contributed by atoms with van der Waals surface area (Å²) < 4.78 is 2.05. The Morgan fingerprint density at radius 3 is 2.73 bits per heavy atom. The summed E-state index contributed by atoms with van der Waals surface area (Å²) in [5, 5.41) is 11.9.